The van der Waals surface area contributed by atoms with Gasteiger partial charge in [0.25, 0.3) is 5.91 Å². The van der Waals surface area contributed by atoms with Gasteiger partial charge in [-0.3, -0.25) is 4.79 Å². The molecule has 0 bridgehead atoms. The third-order valence-corrected chi connectivity index (χ3v) is 4.32. The number of hydrogen-bond acceptors (Lipinski definition) is 3. The van der Waals surface area contributed by atoms with Crippen LogP contribution in [0.2, 0.25) is 0 Å². The van der Waals surface area contributed by atoms with Gasteiger partial charge in [-0.05, 0) is 23.6 Å². The Morgan fingerprint density at radius 1 is 1.16 bits per heavy atom. The van der Waals surface area contributed by atoms with E-state index < -0.39 is 0 Å². The summed E-state index contributed by atoms with van der Waals surface area (Å²) in [7, 11) is 1.79. The second kappa shape index (κ2) is 6.89. The van der Waals surface area contributed by atoms with E-state index in [9.17, 15) is 4.79 Å². The van der Waals surface area contributed by atoms with Crippen LogP contribution in [0.4, 0.5) is 5.69 Å². The highest BCUT2D eigenvalue weighted by molar-refractivity contribution is 6.07. The number of carbonyl (C=O) groups excluding carboxylic acids is 1. The first-order valence-electron chi connectivity index (χ1n) is 8.59. The van der Waals surface area contributed by atoms with E-state index in [0.29, 0.717) is 17.9 Å². The molecule has 4 nitrogen and oxygen atoms in total. The van der Waals surface area contributed by atoms with Crippen LogP contribution < -0.4 is 9.64 Å². The van der Waals surface area contributed by atoms with Crippen molar-refractivity contribution in [3.63, 3.8) is 0 Å². The van der Waals surface area contributed by atoms with Gasteiger partial charge in [0.1, 0.15) is 18.5 Å². The van der Waals surface area contributed by atoms with E-state index in [0.717, 1.165) is 17.9 Å². The average molecular weight is 339 g/mol. The van der Waals surface area contributed by atoms with E-state index in [2.05, 4.69) is 20.8 Å². The molecule has 3 rings (SSSR count). The molecule has 1 amide bonds. The predicted octanol–water partition coefficient (Wildman–Crippen LogP) is 4.04. The molecule has 132 valence electrons. The largest absolute Gasteiger partial charge is 0.490 e. The number of amides is 1. The number of epoxide rings is 1. The summed E-state index contributed by atoms with van der Waals surface area (Å²) in [6, 6.07) is 15.4. The summed E-state index contributed by atoms with van der Waals surface area (Å²) in [5.41, 5.74) is 2.34. The number of anilines is 1. The molecule has 0 aromatic heterocycles. The van der Waals surface area contributed by atoms with Crippen molar-refractivity contribution in [1.29, 1.82) is 0 Å². The van der Waals surface area contributed by atoms with Gasteiger partial charge in [-0.1, -0.05) is 51.1 Å². The number of hydrogen-bond donors (Lipinski definition) is 0. The maximum absolute atomic E-state index is 13.1. The van der Waals surface area contributed by atoms with Crippen LogP contribution in [-0.2, 0) is 10.2 Å². The van der Waals surface area contributed by atoms with E-state index in [1.807, 2.05) is 48.5 Å². The fourth-order valence-electron chi connectivity index (χ4n) is 2.74. The Kier molecular flexibility index (Phi) is 4.82. The van der Waals surface area contributed by atoms with E-state index >= 15 is 0 Å². The van der Waals surface area contributed by atoms with Crippen LogP contribution in [0.15, 0.2) is 48.5 Å². The zero-order chi connectivity index (χ0) is 18.0. The summed E-state index contributed by atoms with van der Waals surface area (Å²) in [6.45, 7) is 7.57. The number of para-hydroxylation sites is 2. The maximum Gasteiger partial charge on any atom is 0.261 e. The zero-order valence-electron chi connectivity index (χ0n) is 15.3. The Morgan fingerprint density at radius 3 is 2.44 bits per heavy atom. The van der Waals surface area contributed by atoms with Crippen molar-refractivity contribution in [2.45, 2.75) is 32.3 Å². The predicted molar refractivity (Wildman–Crippen MR) is 99.6 cm³/mol. The molecule has 1 saturated heterocycles. The molecule has 4 heteroatoms. The van der Waals surface area contributed by atoms with Crippen molar-refractivity contribution < 1.29 is 14.3 Å². The van der Waals surface area contributed by atoms with Crippen LogP contribution in [0.25, 0.3) is 0 Å². The monoisotopic (exact) mass is 339 g/mol. The van der Waals surface area contributed by atoms with Gasteiger partial charge in [-0.25, -0.2) is 0 Å². The van der Waals surface area contributed by atoms with E-state index in [1.54, 1.807) is 11.9 Å². The Bertz CT molecular complexity index is 745. The molecule has 1 unspecified atom stereocenters. The lowest BCUT2D eigenvalue weighted by Crippen LogP contribution is -2.28. The number of ether oxygens (including phenoxy) is 2. The molecule has 25 heavy (non-hydrogen) atoms. The molecule has 0 aliphatic carbocycles. The number of benzene rings is 2. The molecule has 0 spiro atoms. The van der Waals surface area contributed by atoms with Crippen LogP contribution in [0, 0.1) is 0 Å². The Balaban J connectivity index is 1.97. The van der Waals surface area contributed by atoms with Crippen LogP contribution >= 0.6 is 0 Å². The van der Waals surface area contributed by atoms with E-state index in [-0.39, 0.29) is 17.4 Å². The molecule has 2 aromatic rings. The highest BCUT2D eigenvalue weighted by Gasteiger charge is 2.29. The topological polar surface area (TPSA) is 42.1 Å². The van der Waals surface area contributed by atoms with Crippen molar-refractivity contribution >= 4 is 11.6 Å². The quantitative estimate of drug-likeness (QED) is 0.772. The molecule has 1 aliphatic heterocycles. The lowest BCUT2D eigenvalue weighted by Gasteiger charge is -2.26. The highest BCUT2D eigenvalue weighted by Crippen LogP contribution is 2.35. The second-order valence-electron chi connectivity index (χ2n) is 7.40. The standard InChI is InChI=1S/C21H25NO3/c1-21(2,3)18-12-8-11-17(19(18)25-14-16-13-24-16)20(23)22(4)15-9-6-5-7-10-15/h5-12,16H,13-14H2,1-4H3. The molecule has 2 aromatic carbocycles. The fraction of sp³-hybridized carbons (Fsp3) is 0.381. The number of nitrogens with zero attached hydrogens (tertiary/aromatic N) is 1. The summed E-state index contributed by atoms with van der Waals surface area (Å²) < 4.78 is 11.3. The van der Waals surface area contributed by atoms with Crippen molar-refractivity contribution in [2.75, 3.05) is 25.2 Å². The second-order valence-corrected chi connectivity index (χ2v) is 7.40. The molecule has 1 atom stereocenters. The number of carbonyl (C=O) groups is 1. The molecule has 0 radical (unpaired) electrons. The lowest BCUT2D eigenvalue weighted by molar-refractivity contribution is 0.0988. The van der Waals surface area contributed by atoms with E-state index in [1.165, 1.54) is 0 Å². The molecular formula is C21H25NO3. The van der Waals surface area contributed by atoms with Gasteiger partial charge < -0.3 is 14.4 Å². The summed E-state index contributed by atoms with van der Waals surface area (Å²) >= 11 is 0. The Labute approximate surface area is 149 Å². The maximum atomic E-state index is 13.1. The minimum Gasteiger partial charge on any atom is -0.490 e. The first-order chi connectivity index (χ1) is 11.9. The van der Waals surface area contributed by atoms with Crippen LogP contribution in [0.5, 0.6) is 5.75 Å². The SMILES string of the molecule is CN(C(=O)c1cccc(C(C)(C)C)c1OCC1CO1)c1ccccc1. The minimum atomic E-state index is -0.124. The molecule has 1 heterocycles. The summed E-state index contributed by atoms with van der Waals surface area (Å²) in [5.74, 6) is 0.585. The van der Waals surface area contributed by atoms with Crippen molar-refractivity contribution in [1.82, 2.24) is 0 Å². The van der Waals surface area contributed by atoms with Gasteiger partial charge in [0.2, 0.25) is 0 Å². The highest BCUT2D eigenvalue weighted by atomic mass is 16.6. The fourth-order valence-corrected chi connectivity index (χ4v) is 2.74. The smallest absolute Gasteiger partial charge is 0.261 e. The van der Waals surface area contributed by atoms with Crippen LogP contribution in [0.1, 0.15) is 36.7 Å². The molecule has 0 N–H and O–H groups in total. The molecule has 1 aliphatic rings. The van der Waals surface area contributed by atoms with Crippen LogP contribution in [-0.4, -0.2) is 32.3 Å². The normalized spacial score (nSPS) is 16.4. The Morgan fingerprint density at radius 2 is 1.84 bits per heavy atom. The van der Waals surface area contributed by atoms with Gasteiger partial charge >= 0.3 is 0 Å². The average Bonchev–Trinajstić information content (AvgIpc) is 3.42. The van der Waals surface area contributed by atoms with Crippen molar-refractivity contribution in [3.05, 3.63) is 59.7 Å². The number of rotatable bonds is 5. The third-order valence-electron chi connectivity index (χ3n) is 4.32. The minimum absolute atomic E-state index is 0.0796. The Hall–Kier alpha value is -2.33. The van der Waals surface area contributed by atoms with Gasteiger partial charge in [0.05, 0.1) is 12.2 Å². The summed E-state index contributed by atoms with van der Waals surface area (Å²) in [6.07, 6.45) is 0.142. The van der Waals surface area contributed by atoms with Gasteiger partial charge in [-0.15, -0.1) is 0 Å². The molecule has 1 fully saturated rings. The van der Waals surface area contributed by atoms with Crippen LogP contribution in [0.3, 0.4) is 0 Å². The van der Waals surface area contributed by atoms with E-state index in [4.69, 9.17) is 9.47 Å². The zero-order valence-corrected chi connectivity index (χ0v) is 15.3. The lowest BCUT2D eigenvalue weighted by atomic mass is 9.85. The molecular weight excluding hydrogens is 314 g/mol. The summed E-state index contributed by atoms with van der Waals surface area (Å²) in [4.78, 5) is 14.8. The van der Waals surface area contributed by atoms with Crippen molar-refractivity contribution in [2.24, 2.45) is 0 Å². The third kappa shape index (κ3) is 4.02. The van der Waals surface area contributed by atoms with Gasteiger partial charge in [0.15, 0.2) is 0 Å². The van der Waals surface area contributed by atoms with Crippen molar-refractivity contribution in [3.8, 4) is 5.75 Å². The molecule has 0 saturated carbocycles. The summed E-state index contributed by atoms with van der Waals surface area (Å²) in [5, 5.41) is 0. The first kappa shape index (κ1) is 17.5. The van der Waals surface area contributed by atoms with Gasteiger partial charge in [-0.2, -0.15) is 0 Å². The van der Waals surface area contributed by atoms with Gasteiger partial charge in [0, 0.05) is 18.3 Å². The first-order valence-corrected chi connectivity index (χ1v) is 8.59.